The van der Waals surface area contributed by atoms with Crippen molar-refractivity contribution in [2.24, 2.45) is 5.92 Å². The highest BCUT2D eigenvalue weighted by molar-refractivity contribution is 5.91. The topological polar surface area (TPSA) is 81.1 Å². The second-order valence-electron chi connectivity index (χ2n) is 6.35. The van der Waals surface area contributed by atoms with Crippen LogP contribution in [0.1, 0.15) is 56.6 Å². The third-order valence-electron chi connectivity index (χ3n) is 4.26. The van der Waals surface area contributed by atoms with Crippen LogP contribution in [0.5, 0.6) is 0 Å². The van der Waals surface area contributed by atoms with Crippen molar-refractivity contribution in [1.82, 2.24) is 25.6 Å². The van der Waals surface area contributed by atoms with Crippen molar-refractivity contribution in [1.29, 1.82) is 0 Å². The van der Waals surface area contributed by atoms with Gasteiger partial charge in [-0.25, -0.2) is 4.68 Å². The Bertz CT molecular complexity index is 483. The van der Waals surface area contributed by atoms with Crippen molar-refractivity contribution in [2.75, 3.05) is 26.2 Å². The number of hydrogen-bond acceptors (Lipinski definition) is 5. The lowest BCUT2D eigenvalue weighted by atomic mass is 10.0. The van der Waals surface area contributed by atoms with E-state index in [1.54, 1.807) is 6.20 Å². The quantitative estimate of drug-likeness (QED) is 0.755. The van der Waals surface area contributed by atoms with Crippen LogP contribution in [0.3, 0.4) is 0 Å². The maximum Gasteiger partial charge on any atom is 0.273 e. The van der Waals surface area contributed by atoms with E-state index in [-0.39, 0.29) is 12.0 Å². The van der Waals surface area contributed by atoms with Gasteiger partial charge in [0, 0.05) is 13.2 Å². The minimum atomic E-state index is -0.163. The standard InChI is InChI=1S/C16H29N5O2/c1-4-23-15(12(2)3)7-10-18-16(22)14-11-21(20-19-14)13-5-8-17-9-6-13/h11-13,15,17H,4-10H2,1-3H3,(H,18,22). The lowest BCUT2D eigenvalue weighted by molar-refractivity contribution is 0.0251. The predicted octanol–water partition coefficient (Wildman–Crippen LogP) is 1.38. The number of rotatable bonds is 8. The molecule has 0 radical (unpaired) electrons. The van der Waals surface area contributed by atoms with Crippen LogP contribution in [-0.2, 0) is 4.74 Å². The van der Waals surface area contributed by atoms with E-state index in [0.717, 1.165) is 32.4 Å². The molecule has 1 aliphatic heterocycles. The molecule has 2 N–H and O–H groups in total. The molecular formula is C16H29N5O2. The van der Waals surface area contributed by atoms with Crippen LogP contribution in [0, 0.1) is 5.92 Å². The minimum Gasteiger partial charge on any atom is -0.378 e. The molecule has 0 aromatic carbocycles. The third kappa shape index (κ3) is 5.28. The summed E-state index contributed by atoms with van der Waals surface area (Å²) in [5, 5.41) is 14.4. The second kappa shape index (κ2) is 8.98. The Labute approximate surface area is 138 Å². The van der Waals surface area contributed by atoms with Gasteiger partial charge >= 0.3 is 0 Å². The maximum atomic E-state index is 12.2. The molecule has 23 heavy (non-hydrogen) atoms. The molecule has 1 fully saturated rings. The number of ether oxygens (including phenoxy) is 1. The van der Waals surface area contributed by atoms with Gasteiger partial charge in [-0.2, -0.15) is 0 Å². The van der Waals surface area contributed by atoms with Crippen LogP contribution in [0.25, 0.3) is 0 Å². The van der Waals surface area contributed by atoms with Crippen molar-refractivity contribution in [3.8, 4) is 0 Å². The summed E-state index contributed by atoms with van der Waals surface area (Å²) in [7, 11) is 0. The Morgan fingerprint density at radius 2 is 2.22 bits per heavy atom. The summed E-state index contributed by atoms with van der Waals surface area (Å²) < 4.78 is 7.51. The summed E-state index contributed by atoms with van der Waals surface area (Å²) in [4.78, 5) is 12.2. The van der Waals surface area contributed by atoms with E-state index in [0.29, 0.717) is 30.8 Å². The van der Waals surface area contributed by atoms with Gasteiger partial charge in [-0.05, 0) is 45.2 Å². The van der Waals surface area contributed by atoms with Gasteiger partial charge in [-0.1, -0.05) is 19.1 Å². The summed E-state index contributed by atoms with van der Waals surface area (Å²) in [6, 6.07) is 0.341. The van der Waals surface area contributed by atoms with E-state index in [9.17, 15) is 4.79 Å². The first kappa shape index (κ1) is 17.9. The summed E-state index contributed by atoms with van der Waals surface area (Å²) in [6.07, 6.45) is 4.78. The first-order valence-electron chi connectivity index (χ1n) is 8.64. The fraction of sp³-hybridized carbons (Fsp3) is 0.812. The van der Waals surface area contributed by atoms with Gasteiger partial charge in [0.1, 0.15) is 0 Å². The molecule has 1 aromatic rings. The van der Waals surface area contributed by atoms with E-state index in [4.69, 9.17) is 4.74 Å². The van der Waals surface area contributed by atoms with Crippen molar-refractivity contribution in [3.63, 3.8) is 0 Å². The van der Waals surface area contributed by atoms with Crippen molar-refractivity contribution < 1.29 is 9.53 Å². The molecule has 0 aliphatic carbocycles. The molecule has 7 nitrogen and oxygen atoms in total. The zero-order valence-corrected chi connectivity index (χ0v) is 14.4. The Hall–Kier alpha value is -1.47. The van der Waals surface area contributed by atoms with E-state index in [2.05, 4.69) is 34.8 Å². The molecule has 1 saturated heterocycles. The van der Waals surface area contributed by atoms with Gasteiger partial charge in [-0.3, -0.25) is 4.79 Å². The number of nitrogens with zero attached hydrogens (tertiary/aromatic N) is 3. The maximum absolute atomic E-state index is 12.2. The molecule has 7 heteroatoms. The summed E-state index contributed by atoms with van der Waals surface area (Å²) in [5.41, 5.74) is 0.390. The van der Waals surface area contributed by atoms with E-state index in [1.165, 1.54) is 0 Å². The summed E-state index contributed by atoms with van der Waals surface area (Å²) in [5.74, 6) is 0.275. The van der Waals surface area contributed by atoms with Crippen LogP contribution in [0.15, 0.2) is 6.20 Å². The van der Waals surface area contributed by atoms with Gasteiger partial charge < -0.3 is 15.4 Å². The number of carbonyl (C=O) groups is 1. The number of nitrogens with one attached hydrogen (secondary N) is 2. The van der Waals surface area contributed by atoms with Crippen LogP contribution in [-0.4, -0.2) is 53.2 Å². The van der Waals surface area contributed by atoms with Gasteiger partial charge in [-0.15, -0.1) is 5.10 Å². The number of aromatic nitrogens is 3. The fourth-order valence-electron chi connectivity index (χ4n) is 2.87. The van der Waals surface area contributed by atoms with E-state index in [1.807, 2.05) is 11.6 Å². The zero-order chi connectivity index (χ0) is 16.7. The summed E-state index contributed by atoms with van der Waals surface area (Å²) >= 11 is 0. The van der Waals surface area contributed by atoms with Gasteiger partial charge in [0.25, 0.3) is 5.91 Å². The molecule has 1 aromatic heterocycles. The monoisotopic (exact) mass is 323 g/mol. The zero-order valence-electron chi connectivity index (χ0n) is 14.4. The number of piperidine rings is 1. The average Bonchev–Trinajstić information content (AvgIpc) is 3.04. The first-order valence-corrected chi connectivity index (χ1v) is 8.64. The minimum absolute atomic E-state index is 0.163. The van der Waals surface area contributed by atoms with Crippen LogP contribution in [0.2, 0.25) is 0 Å². The third-order valence-corrected chi connectivity index (χ3v) is 4.26. The van der Waals surface area contributed by atoms with Crippen molar-refractivity contribution in [2.45, 2.75) is 52.2 Å². The van der Waals surface area contributed by atoms with Gasteiger partial charge in [0.15, 0.2) is 5.69 Å². The average molecular weight is 323 g/mol. The van der Waals surface area contributed by atoms with Crippen molar-refractivity contribution >= 4 is 5.91 Å². The lowest BCUT2D eigenvalue weighted by Gasteiger charge is -2.22. The molecular weight excluding hydrogens is 294 g/mol. The van der Waals surface area contributed by atoms with E-state index < -0.39 is 0 Å². The highest BCUT2D eigenvalue weighted by atomic mass is 16.5. The molecule has 2 rings (SSSR count). The van der Waals surface area contributed by atoms with Crippen LogP contribution >= 0.6 is 0 Å². The molecule has 130 valence electrons. The molecule has 0 bridgehead atoms. The molecule has 1 unspecified atom stereocenters. The molecule has 1 aliphatic rings. The second-order valence-corrected chi connectivity index (χ2v) is 6.35. The Kier molecular flexibility index (Phi) is 6.98. The largest absolute Gasteiger partial charge is 0.378 e. The van der Waals surface area contributed by atoms with E-state index >= 15 is 0 Å². The smallest absolute Gasteiger partial charge is 0.273 e. The SMILES string of the molecule is CCOC(CCNC(=O)c1cn(C2CCNCC2)nn1)C(C)C. The first-order chi connectivity index (χ1) is 11.1. The predicted molar refractivity (Wildman–Crippen MR) is 88.4 cm³/mol. The molecule has 1 amide bonds. The fourth-order valence-corrected chi connectivity index (χ4v) is 2.87. The number of amides is 1. The molecule has 1 atom stereocenters. The lowest BCUT2D eigenvalue weighted by Crippen LogP contribution is -2.30. The van der Waals surface area contributed by atoms with Crippen LogP contribution in [0.4, 0.5) is 0 Å². The number of carbonyl (C=O) groups excluding carboxylic acids is 1. The Balaban J connectivity index is 1.80. The van der Waals surface area contributed by atoms with Crippen LogP contribution < -0.4 is 10.6 Å². The van der Waals surface area contributed by atoms with Gasteiger partial charge in [0.05, 0.1) is 18.3 Å². The highest BCUT2D eigenvalue weighted by Gasteiger charge is 2.19. The molecule has 0 saturated carbocycles. The van der Waals surface area contributed by atoms with Crippen molar-refractivity contribution in [3.05, 3.63) is 11.9 Å². The molecule has 0 spiro atoms. The normalized spacial score (nSPS) is 17.4. The Morgan fingerprint density at radius 3 is 2.87 bits per heavy atom. The highest BCUT2D eigenvalue weighted by Crippen LogP contribution is 2.17. The molecule has 2 heterocycles. The Morgan fingerprint density at radius 1 is 1.48 bits per heavy atom. The number of hydrogen-bond donors (Lipinski definition) is 2. The summed E-state index contributed by atoms with van der Waals surface area (Å²) in [6.45, 7) is 9.51. The van der Waals surface area contributed by atoms with Gasteiger partial charge in [0.2, 0.25) is 0 Å².